The summed E-state index contributed by atoms with van der Waals surface area (Å²) in [6.07, 6.45) is 4.98. The molecule has 2 saturated heterocycles. The van der Waals surface area contributed by atoms with Gasteiger partial charge in [0.25, 0.3) is 0 Å². The highest BCUT2D eigenvalue weighted by molar-refractivity contribution is 5.81. The zero-order chi connectivity index (χ0) is 27.0. The second kappa shape index (κ2) is 10.2. The summed E-state index contributed by atoms with van der Waals surface area (Å²) in [5, 5.41) is 2.57. The summed E-state index contributed by atoms with van der Waals surface area (Å²) in [5.74, 6) is -1.08. The number of ether oxygens (including phenoxy) is 5. The van der Waals surface area contributed by atoms with E-state index < -0.39 is 47.9 Å². The number of hydrogen-bond acceptors (Lipinski definition) is 11. The first-order valence-corrected chi connectivity index (χ1v) is 12.1. The summed E-state index contributed by atoms with van der Waals surface area (Å²) in [7, 11) is 1.27. The van der Waals surface area contributed by atoms with Crippen LogP contribution < -0.4 is 11.1 Å². The van der Waals surface area contributed by atoms with E-state index in [0.717, 1.165) is 0 Å². The van der Waals surface area contributed by atoms with Crippen LogP contribution in [0.5, 0.6) is 0 Å². The maximum atomic E-state index is 12.2. The molecule has 0 aliphatic carbocycles. The number of carbonyl (C=O) groups excluding carboxylic acids is 2. The number of amides is 1. The average Bonchev–Trinajstić information content (AvgIpc) is 3.45. The lowest BCUT2D eigenvalue weighted by molar-refractivity contribution is -0.191. The summed E-state index contributed by atoms with van der Waals surface area (Å²) < 4.78 is 30.5. The molecule has 2 aromatic heterocycles. The van der Waals surface area contributed by atoms with Gasteiger partial charge >= 0.3 is 12.1 Å². The van der Waals surface area contributed by atoms with Crippen LogP contribution in [0.1, 0.15) is 53.7 Å². The molecule has 2 fully saturated rings. The third-order valence-electron chi connectivity index (χ3n) is 5.85. The Labute approximate surface area is 214 Å². The van der Waals surface area contributed by atoms with Crippen LogP contribution in [0.4, 0.5) is 10.6 Å². The van der Waals surface area contributed by atoms with E-state index in [9.17, 15) is 9.59 Å². The SMILES string of the molecule is COC(=O)[C@H](CC/C=C/[C@H]1O[C@@H](n2cnc3c(N)ncnc32)[C@@H]2OC(C)(C)O[C@@H]21)NC(=O)OC(C)(C)C. The van der Waals surface area contributed by atoms with Gasteiger partial charge in [-0.25, -0.2) is 24.5 Å². The number of nitrogens with two attached hydrogens (primary N) is 1. The Morgan fingerprint density at radius 2 is 1.97 bits per heavy atom. The van der Waals surface area contributed by atoms with E-state index in [1.54, 1.807) is 31.7 Å². The third-order valence-corrected chi connectivity index (χ3v) is 5.85. The molecule has 2 aromatic rings. The smallest absolute Gasteiger partial charge is 0.408 e. The second-order valence-corrected chi connectivity index (χ2v) is 10.4. The molecule has 2 aliphatic rings. The number of fused-ring (bicyclic) bond motifs is 2. The number of allylic oxidation sites excluding steroid dienone is 1. The zero-order valence-corrected chi connectivity index (χ0v) is 21.8. The van der Waals surface area contributed by atoms with Crippen molar-refractivity contribution in [1.29, 1.82) is 0 Å². The first kappa shape index (κ1) is 26.8. The molecule has 4 heterocycles. The van der Waals surface area contributed by atoms with E-state index in [2.05, 4.69) is 20.3 Å². The summed E-state index contributed by atoms with van der Waals surface area (Å²) in [5.41, 5.74) is 6.26. The fourth-order valence-corrected chi connectivity index (χ4v) is 4.38. The van der Waals surface area contributed by atoms with Crippen LogP contribution >= 0.6 is 0 Å². The standard InChI is InChI=1S/C24H34N6O7/c1-23(2,3)37-22(32)29-13(21(31)33-6)9-7-8-10-14-16-17(36-24(4,5)35-16)20(34-14)30-12-28-15-18(25)26-11-27-19(15)30/h8,10-14,16-17,20H,7,9H2,1-6H3,(H,29,32)(H2,25,26,27)/b10-8+/t13-,14+,16+,17+,20+/m0/s1. The van der Waals surface area contributed by atoms with Gasteiger partial charge in [-0.2, -0.15) is 0 Å². The molecule has 3 N–H and O–H groups in total. The number of esters is 1. The lowest BCUT2D eigenvalue weighted by atomic mass is 10.1. The molecule has 0 saturated carbocycles. The van der Waals surface area contributed by atoms with E-state index in [1.165, 1.54) is 13.4 Å². The van der Waals surface area contributed by atoms with E-state index >= 15 is 0 Å². The molecule has 37 heavy (non-hydrogen) atoms. The number of methoxy groups -OCH3 is 1. The number of imidazole rings is 1. The topological polar surface area (TPSA) is 162 Å². The molecule has 13 heteroatoms. The number of nitrogen functional groups attached to an aromatic ring is 1. The van der Waals surface area contributed by atoms with Crippen molar-refractivity contribution in [1.82, 2.24) is 24.8 Å². The number of aromatic nitrogens is 4. The van der Waals surface area contributed by atoms with E-state index in [0.29, 0.717) is 24.0 Å². The van der Waals surface area contributed by atoms with Crippen LogP contribution in [0.3, 0.4) is 0 Å². The Bertz CT molecular complexity index is 1170. The Hall–Kier alpha value is -3.29. The first-order chi connectivity index (χ1) is 17.4. The Balaban J connectivity index is 1.45. The van der Waals surface area contributed by atoms with Crippen LogP contribution in [0.25, 0.3) is 11.2 Å². The highest BCUT2D eigenvalue weighted by Crippen LogP contribution is 2.44. The minimum atomic E-state index is -0.859. The van der Waals surface area contributed by atoms with Crippen molar-refractivity contribution in [3.8, 4) is 0 Å². The van der Waals surface area contributed by atoms with Gasteiger partial charge in [-0.1, -0.05) is 12.2 Å². The van der Waals surface area contributed by atoms with Gasteiger partial charge in [-0.05, 0) is 47.5 Å². The monoisotopic (exact) mass is 518 g/mol. The highest BCUT2D eigenvalue weighted by Gasteiger charge is 2.55. The Morgan fingerprint density at radius 1 is 1.24 bits per heavy atom. The molecule has 0 spiro atoms. The minimum Gasteiger partial charge on any atom is -0.467 e. The molecule has 202 valence electrons. The van der Waals surface area contributed by atoms with Gasteiger partial charge in [-0.3, -0.25) is 4.57 Å². The first-order valence-electron chi connectivity index (χ1n) is 12.1. The van der Waals surface area contributed by atoms with Gasteiger partial charge in [0.15, 0.2) is 23.5 Å². The normalized spacial score (nSPS) is 25.8. The maximum absolute atomic E-state index is 12.2. The van der Waals surface area contributed by atoms with Crippen LogP contribution in [-0.4, -0.2) is 74.4 Å². The number of nitrogens with zero attached hydrogens (tertiary/aromatic N) is 4. The quantitative estimate of drug-likeness (QED) is 0.408. The Morgan fingerprint density at radius 3 is 2.68 bits per heavy atom. The third kappa shape index (κ3) is 6.00. The van der Waals surface area contributed by atoms with Gasteiger partial charge in [0.1, 0.15) is 41.8 Å². The van der Waals surface area contributed by atoms with Crippen molar-refractivity contribution >= 4 is 29.0 Å². The van der Waals surface area contributed by atoms with Gasteiger partial charge in [-0.15, -0.1) is 0 Å². The van der Waals surface area contributed by atoms with Gasteiger partial charge in [0.2, 0.25) is 0 Å². The number of rotatable bonds is 7. The largest absolute Gasteiger partial charge is 0.467 e. The van der Waals surface area contributed by atoms with E-state index in [1.807, 2.05) is 26.0 Å². The number of anilines is 1. The zero-order valence-electron chi connectivity index (χ0n) is 21.8. The molecule has 0 radical (unpaired) electrons. The second-order valence-electron chi connectivity index (χ2n) is 10.4. The lowest BCUT2D eigenvalue weighted by Gasteiger charge is -2.24. The molecule has 2 aliphatic heterocycles. The fourth-order valence-electron chi connectivity index (χ4n) is 4.38. The molecule has 5 atom stereocenters. The van der Waals surface area contributed by atoms with Crippen molar-refractivity contribution in [3.05, 3.63) is 24.8 Å². The fraction of sp³-hybridized carbons (Fsp3) is 0.625. The average molecular weight is 519 g/mol. The highest BCUT2D eigenvalue weighted by atomic mass is 16.8. The van der Waals surface area contributed by atoms with Gasteiger partial charge < -0.3 is 34.7 Å². The summed E-state index contributed by atoms with van der Waals surface area (Å²) >= 11 is 0. The molecule has 13 nitrogen and oxygen atoms in total. The van der Waals surface area contributed by atoms with Crippen molar-refractivity contribution in [2.75, 3.05) is 12.8 Å². The maximum Gasteiger partial charge on any atom is 0.408 e. The summed E-state index contributed by atoms with van der Waals surface area (Å²) in [6.45, 7) is 8.93. The van der Waals surface area contributed by atoms with Crippen molar-refractivity contribution < 1.29 is 33.3 Å². The predicted molar refractivity (Wildman–Crippen MR) is 131 cm³/mol. The number of alkyl carbamates (subject to hydrolysis) is 1. The van der Waals surface area contributed by atoms with Crippen LogP contribution in [0, 0.1) is 0 Å². The Kier molecular flexibility index (Phi) is 7.40. The predicted octanol–water partition coefficient (Wildman–Crippen LogP) is 2.23. The van der Waals surface area contributed by atoms with Crippen LogP contribution in [-0.2, 0) is 28.5 Å². The molecule has 0 aromatic carbocycles. The van der Waals surface area contributed by atoms with E-state index in [4.69, 9.17) is 29.4 Å². The number of nitrogens with one attached hydrogen (secondary N) is 1. The molecule has 0 bridgehead atoms. The molecule has 4 rings (SSSR count). The molecule has 0 unspecified atom stereocenters. The molecular weight excluding hydrogens is 484 g/mol. The summed E-state index contributed by atoms with van der Waals surface area (Å²) in [6, 6.07) is -0.859. The van der Waals surface area contributed by atoms with Gasteiger partial charge in [0.05, 0.1) is 13.4 Å². The molecule has 1 amide bonds. The van der Waals surface area contributed by atoms with E-state index in [-0.39, 0.29) is 11.9 Å². The minimum absolute atomic E-state index is 0.277. The molecular formula is C24H34N6O7. The van der Waals surface area contributed by atoms with Crippen molar-refractivity contribution in [2.45, 2.75) is 89.4 Å². The summed E-state index contributed by atoms with van der Waals surface area (Å²) in [4.78, 5) is 37.0. The van der Waals surface area contributed by atoms with Crippen LogP contribution in [0.15, 0.2) is 24.8 Å². The van der Waals surface area contributed by atoms with Crippen molar-refractivity contribution in [2.24, 2.45) is 0 Å². The van der Waals surface area contributed by atoms with Crippen LogP contribution in [0.2, 0.25) is 0 Å². The lowest BCUT2D eigenvalue weighted by Crippen LogP contribution is -2.43. The van der Waals surface area contributed by atoms with Crippen molar-refractivity contribution in [3.63, 3.8) is 0 Å². The number of hydrogen-bond donors (Lipinski definition) is 2. The van der Waals surface area contributed by atoms with Gasteiger partial charge in [0, 0.05) is 0 Å². The number of carbonyl (C=O) groups is 2.